The van der Waals surface area contributed by atoms with E-state index in [-0.39, 0.29) is 0 Å². The summed E-state index contributed by atoms with van der Waals surface area (Å²) in [6.45, 7) is 5.61. The van der Waals surface area contributed by atoms with Crippen molar-refractivity contribution in [3.63, 3.8) is 0 Å². The normalized spacial score (nSPS) is 26.8. The summed E-state index contributed by atoms with van der Waals surface area (Å²) in [5, 5.41) is 0. The van der Waals surface area contributed by atoms with Crippen LogP contribution in [-0.2, 0) is 21.1 Å². The van der Waals surface area contributed by atoms with E-state index in [9.17, 15) is 0 Å². The molecule has 0 spiro atoms. The molecule has 1 aliphatic heterocycles. The third-order valence-electron chi connectivity index (χ3n) is 1.02. The van der Waals surface area contributed by atoms with E-state index < -0.39 is 0 Å². The standard InChI is InChI=1S/C5H9O.BrH.Zn/c1-5-2-3-6-4-5;;/h5H,1-4H2;1H;/q-1;;+2/p-1. The van der Waals surface area contributed by atoms with E-state index in [1.807, 2.05) is 0 Å². The molecule has 0 aromatic heterocycles. The van der Waals surface area contributed by atoms with Gasteiger partial charge in [-0.05, 0) is 0 Å². The summed E-state index contributed by atoms with van der Waals surface area (Å²) >= 11 is 4.25. The first kappa shape index (κ1) is 9.06. The van der Waals surface area contributed by atoms with Gasteiger partial charge in [-0.3, -0.25) is 0 Å². The van der Waals surface area contributed by atoms with Crippen LogP contribution in [0.1, 0.15) is 6.42 Å². The maximum atomic E-state index is 4.99. The first-order valence-corrected chi connectivity index (χ1v) is 9.52. The average Bonchev–Trinajstić information content (AvgIpc) is 2.24. The van der Waals surface area contributed by atoms with Crippen LogP contribution < -0.4 is 0 Å². The molecule has 0 aliphatic carbocycles. The van der Waals surface area contributed by atoms with Gasteiger partial charge < -0.3 is 11.7 Å². The van der Waals surface area contributed by atoms with E-state index in [4.69, 9.17) is 4.74 Å². The molecule has 1 nitrogen and oxygen atoms in total. The van der Waals surface area contributed by atoms with Crippen LogP contribution in [-0.4, -0.2) is 13.2 Å². The van der Waals surface area contributed by atoms with E-state index in [0.29, 0.717) is 5.92 Å². The van der Waals surface area contributed by atoms with Crippen molar-refractivity contribution in [2.45, 2.75) is 6.42 Å². The molecule has 1 aliphatic rings. The first-order chi connectivity index (χ1) is 3.89. The Bertz CT molecular complexity index is 45.7. The Kier molecular flexibility index (Phi) is 7.01. The number of halogens is 1. The Hall–Kier alpha value is 1.06. The molecule has 1 rings (SSSR count). The van der Waals surface area contributed by atoms with Gasteiger partial charge in [0, 0.05) is 13.2 Å². The monoisotopic (exact) mass is 228 g/mol. The summed E-state index contributed by atoms with van der Waals surface area (Å²) in [4.78, 5) is 0. The Morgan fingerprint density at radius 1 is 1.62 bits per heavy atom. The molecule has 0 bridgehead atoms. The predicted molar refractivity (Wildman–Crippen MR) is 33.2 cm³/mol. The van der Waals surface area contributed by atoms with E-state index in [2.05, 4.69) is 20.5 Å². The van der Waals surface area contributed by atoms with Gasteiger partial charge in [-0.15, -0.1) is 5.92 Å². The van der Waals surface area contributed by atoms with Crippen molar-refractivity contribution in [2.75, 3.05) is 13.2 Å². The van der Waals surface area contributed by atoms with E-state index in [1.165, 1.54) is 16.3 Å². The fraction of sp³-hybridized carbons (Fsp3) is 0.800. The van der Waals surface area contributed by atoms with Gasteiger partial charge in [0.2, 0.25) is 0 Å². The Morgan fingerprint density at radius 3 is 2.38 bits per heavy atom. The molecule has 1 fully saturated rings. The van der Waals surface area contributed by atoms with E-state index >= 15 is 0 Å². The van der Waals surface area contributed by atoms with Crippen molar-refractivity contribution < 1.29 is 21.1 Å². The molecule has 3 heteroatoms. The fourth-order valence-corrected chi connectivity index (χ4v) is 0.583. The summed E-state index contributed by atoms with van der Waals surface area (Å²) in [6, 6.07) is 0. The number of hydrogen-bond acceptors (Lipinski definition) is 1. The second kappa shape index (κ2) is 6.19. The zero-order valence-corrected chi connectivity index (χ0v) is 9.45. The molecule has 1 heterocycles. The molecular formula is C5H9BrOZn. The topological polar surface area (TPSA) is 9.23 Å². The Morgan fingerprint density at radius 2 is 2.25 bits per heavy atom. The van der Waals surface area contributed by atoms with Crippen LogP contribution >= 0.6 is 13.6 Å². The summed E-state index contributed by atoms with van der Waals surface area (Å²) < 4.78 is 4.99. The quantitative estimate of drug-likeness (QED) is 0.455. The van der Waals surface area contributed by atoms with Gasteiger partial charge >= 0.3 is 30.0 Å². The van der Waals surface area contributed by atoms with Crippen molar-refractivity contribution in [1.82, 2.24) is 0 Å². The zero-order valence-electron chi connectivity index (χ0n) is 4.90. The van der Waals surface area contributed by atoms with Crippen LogP contribution in [0.25, 0.3) is 0 Å². The second-order valence-corrected chi connectivity index (χ2v) is 1.73. The minimum absolute atomic E-state index is 0.574. The van der Waals surface area contributed by atoms with Gasteiger partial charge in [-0.2, -0.15) is 0 Å². The van der Waals surface area contributed by atoms with Crippen molar-refractivity contribution in [3.05, 3.63) is 6.92 Å². The molecule has 0 aromatic carbocycles. The third kappa shape index (κ3) is 3.99. The van der Waals surface area contributed by atoms with Crippen molar-refractivity contribution in [2.24, 2.45) is 5.92 Å². The molecule has 1 saturated heterocycles. The van der Waals surface area contributed by atoms with Gasteiger partial charge in [0.1, 0.15) is 0 Å². The minimum atomic E-state index is 0.574. The summed E-state index contributed by atoms with van der Waals surface area (Å²) in [5.41, 5.74) is 0. The maximum absolute atomic E-state index is 4.99. The van der Waals surface area contributed by atoms with Crippen molar-refractivity contribution >= 4 is 13.6 Å². The molecule has 0 aromatic rings. The van der Waals surface area contributed by atoms with Gasteiger partial charge in [0.15, 0.2) is 0 Å². The number of rotatable bonds is 0. The van der Waals surface area contributed by atoms with Gasteiger partial charge in [-0.1, -0.05) is 6.42 Å². The third-order valence-corrected chi connectivity index (χ3v) is 1.02. The Labute approximate surface area is 67.2 Å². The summed E-state index contributed by atoms with van der Waals surface area (Å²) in [5.74, 6) is 0.574. The van der Waals surface area contributed by atoms with E-state index in [1.54, 1.807) is 0 Å². The van der Waals surface area contributed by atoms with Crippen LogP contribution in [0.2, 0.25) is 0 Å². The number of ether oxygens (including phenoxy) is 1. The molecule has 0 amide bonds. The fourth-order valence-electron chi connectivity index (χ4n) is 0.583. The predicted octanol–water partition coefficient (Wildman–Crippen LogP) is 1.70. The molecule has 0 saturated carbocycles. The van der Waals surface area contributed by atoms with Crippen LogP contribution in [0.5, 0.6) is 0 Å². The van der Waals surface area contributed by atoms with Crippen molar-refractivity contribution in [1.29, 1.82) is 0 Å². The van der Waals surface area contributed by atoms with E-state index in [0.717, 1.165) is 19.6 Å². The van der Waals surface area contributed by atoms with Crippen LogP contribution in [0, 0.1) is 12.8 Å². The number of hydrogen-bond donors (Lipinski definition) is 0. The average molecular weight is 230 g/mol. The van der Waals surface area contributed by atoms with Gasteiger partial charge in [-0.25, -0.2) is 0 Å². The second-order valence-electron chi connectivity index (χ2n) is 1.73. The Balaban J connectivity index is 0.000000222. The molecule has 8 heavy (non-hydrogen) atoms. The van der Waals surface area contributed by atoms with Gasteiger partial charge in [0.25, 0.3) is 0 Å². The molecular weight excluding hydrogens is 221 g/mol. The summed E-state index contributed by atoms with van der Waals surface area (Å²) in [6.07, 6.45) is 1.15. The molecule has 44 valence electrons. The first-order valence-electron chi connectivity index (χ1n) is 2.57. The van der Waals surface area contributed by atoms with Crippen molar-refractivity contribution in [3.8, 4) is 0 Å². The van der Waals surface area contributed by atoms with Gasteiger partial charge in [0.05, 0.1) is 0 Å². The molecule has 1 atom stereocenters. The van der Waals surface area contributed by atoms with Crippen LogP contribution in [0.4, 0.5) is 0 Å². The molecule has 0 N–H and O–H groups in total. The van der Waals surface area contributed by atoms with Crippen LogP contribution in [0.15, 0.2) is 0 Å². The summed E-state index contributed by atoms with van der Waals surface area (Å²) in [7, 11) is 0. The molecule has 1 unspecified atom stereocenters. The molecule has 0 radical (unpaired) electrons. The van der Waals surface area contributed by atoms with Crippen LogP contribution in [0.3, 0.4) is 0 Å². The zero-order chi connectivity index (χ0) is 6.41. The SMILES string of the molecule is [CH2-]C1CCOC1.[Zn+][Br].